The van der Waals surface area contributed by atoms with Crippen LogP contribution in [0.15, 0.2) is 24.4 Å². The van der Waals surface area contributed by atoms with Gasteiger partial charge in [-0.05, 0) is 37.6 Å². The molecule has 0 unspecified atom stereocenters. The first-order valence-corrected chi connectivity index (χ1v) is 7.78. The summed E-state index contributed by atoms with van der Waals surface area (Å²) in [6, 6.07) is 7.72. The van der Waals surface area contributed by atoms with E-state index in [2.05, 4.69) is 10.1 Å². The van der Waals surface area contributed by atoms with E-state index in [0.29, 0.717) is 31.0 Å². The van der Waals surface area contributed by atoms with Gasteiger partial charge in [0.25, 0.3) is 5.91 Å². The zero-order valence-corrected chi connectivity index (χ0v) is 13.5. The van der Waals surface area contributed by atoms with Crippen molar-refractivity contribution < 1.29 is 4.79 Å². The second-order valence-electron chi connectivity index (χ2n) is 6.06. The molecule has 1 amide bonds. The molecule has 24 heavy (non-hydrogen) atoms. The number of fused-ring (bicyclic) bond motifs is 2. The number of carbonyl (C=O) groups excluding carboxylic acids is 1. The lowest BCUT2D eigenvalue weighted by Crippen LogP contribution is -2.39. The van der Waals surface area contributed by atoms with Crippen molar-refractivity contribution >= 4 is 11.6 Å². The summed E-state index contributed by atoms with van der Waals surface area (Å²) in [5, 5.41) is 13.2. The van der Waals surface area contributed by atoms with E-state index < -0.39 is 0 Å². The number of nitrogens with zero attached hydrogens (tertiary/aromatic N) is 6. The second-order valence-corrected chi connectivity index (χ2v) is 6.06. The molecule has 0 saturated carbocycles. The maximum atomic E-state index is 13.0. The Bertz CT molecular complexity index is 1010. The van der Waals surface area contributed by atoms with Crippen molar-refractivity contribution in [1.82, 2.24) is 24.1 Å². The topological polar surface area (TPSA) is 79.2 Å². The summed E-state index contributed by atoms with van der Waals surface area (Å²) in [6.07, 6.45) is 1.89. The Morgan fingerprint density at radius 2 is 2.12 bits per heavy atom. The summed E-state index contributed by atoms with van der Waals surface area (Å²) in [5.41, 5.74) is 4.48. The Morgan fingerprint density at radius 3 is 2.92 bits per heavy atom. The summed E-state index contributed by atoms with van der Waals surface area (Å²) in [4.78, 5) is 19.3. The third kappa shape index (κ3) is 2.15. The van der Waals surface area contributed by atoms with Crippen molar-refractivity contribution in [2.24, 2.45) is 0 Å². The van der Waals surface area contributed by atoms with Crippen molar-refractivity contribution in [3.63, 3.8) is 0 Å². The normalized spacial score (nSPS) is 13.8. The van der Waals surface area contributed by atoms with Crippen LogP contribution in [-0.4, -0.2) is 36.5 Å². The highest BCUT2D eigenvalue weighted by Gasteiger charge is 2.27. The van der Waals surface area contributed by atoms with Crippen molar-refractivity contribution in [3.05, 3.63) is 52.7 Å². The zero-order chi connectivity index (χ0) is 16.8. The van der Waals surface area contributed by atoms with E-state index in [1.165, 1.54) is 0 Å². The van der Waals surface area contributed by atoms with Crippen molar-refractivity contribution in [1.29, 1.82) is 5.26 Å². The van der Waals surface area contributed by atoms with Crippen LogP contribution in [0.5, 0.6) is 0 Å². The molecule has 0 aromatic carbocycles. The molecule has 0 bridgehead atoms. The van der Waals surface area contributed by atoms with Crippen LogP contribution < -0.4 is 0 Å². The van der Waals surface area contributed by atoms with Gasteiger partial charge in [-0.3, -0.25) is 13.9 Å². The lowest BCUT2D eigenvalue weighted by molar-refractivity contribution is 0.0698. The van der Waals surface area contributed by atoms with E-state index in [0.717, 1.165) is 22.6 Å². The van der Waals surface area contributed by atoms with Gasteiger partial charge in [0.1, 0.15) is 17.4 Å². The quantitative estimate of drug-likeness (QED) is 0.683. The van der Waals surface area contributed by atoms with Gasteiger partial charge in [-0.15, -0.1) is 0 Å². The van der Waals surface area contributed by atoms with Crippen LogP contribution in [-0.2, 0) is 13.1 Å². The molecule has 0 spiro atoms. The molecule has 1 aliphatic rings. The number of imidazole rings is 1. The number of carbonyl (C=O) groups is 1. The first-order chi connectivity index (χ1) is 11.6. The van der Waals surface area contributed by atoms with Gasteiger partial charge in [-0.2, -0.15) is 10.4 Å². The smallest absolute Gasteiger partial charge is 0.273 e. The molecule has 120 valence electrons. The molecule has 4 heterocycles. The highest BCUT2D eigenvalue weighted by atomic mass is 16.2. The lowest BCUT2D eigenvalue weighted by atomic mass is 10.2. The van der Waals surface area contributed by atoms with Crippen LogP contribution in [0.3, 0.4) is 0 Å². The molecule has 7 nitrogen and oxygen atoms in total. The van der Waals surface area contributed by atoms with Gasteiger partial charge < -0.3 is 4.90 Å². The van der Waals surface area contributed by atoms with Gasteiger partial charge in [-0.1, -0.05) is 0 Å². The maximum Gasteiger partial charge on any atom is 0.273 e. The standard InChI is InChI=1S/C17H16N6O/c1-11-3-4-22-15(7-11)19-12(2)16(22)17(24)21-5-6-23-14(10-21)8-13(9-18)20-23/h3-4,7-8H,5-6,10H2,1-2H3. The van der Waals surface area contributed by atoms with E-state index >= 15 is 0 Å². The van der Waals surface area contributed by atoms with Crippen molar-refractivity contribution in [2.75, 3.05) is 6.54 Å². The fourth-order valence-electron chi connectivity index (χ4n) is 3.17. The van der Waals surface area contributed by atoms with Crippen molar-refractivity contribution in [2.45, 2.75) is 26.9 Å². The number of amides is 1. The molecule has 0 atom stereocenters. The fourth-order valence-corrected chi connectivity index (χ4v) is 3.17. The Labute approximate surface area is 138 Å². The van der Waals surface area contributed by atoms with Crippen LogP contribution in [0.2, 0.25) is 0 Å². The fraction of sp³-hybridized carbons (Fsp3) is 0.294. The van der Waals surface area contributed by atoms with E-state index in [1.54, 1.807) is 15.6 Å². The number of aryl methyl sites for hydroxylation is 2. The lowest BCUT2D eigenvalue weighted by Gasteiger charge is -2.27. The molecule has 4 rings (SSSR count). The van der Waals surface area contributed by atoms with Crippen molar-refractivity contribution in [3.8, 4) is 6.07 Å². The Kier molecular flexibility index (Phi) is 3.13. The van der Waals surface area contributed by atoms with Gasteiger partial charge in [0, 0.05) is 12.7 Å². The summed E-state index contributed by atoms with van der Waals surface area (Å²) < 4.78 is 3.64. The van der Waals surface area contributed by atoms with Crippen LogP contribution in [0.25, 0.3) is 5.65 Å². The predicted molar refractivity (Wildman–Crippen MR) is 86.3 cm³/mol. The third-order valence-corrected chi connectivity index (χ3v) is 4.36. The number of hydrogen-bond acceptors (Lipinski definition) is 4. The molecule has 3 aromatic rings. The summed E-state index contributed by atoms with van der Waals surface area (Å²) in [7, 11) is 0. The number of pyridine rings is 1. The first kappa shape index (κ1) is 14.5. The highest BCUT2D eigenvalue weighted by molar-refractivity contribution is 5.94. The van der Waals surface area contributed by atoms with Crippen LogP contribution in [0.1, 0.15) is 33.1 Å². The van der Waals surface area contributed by atoms with E-state index in [4.69, 9.17) is 5.26 Å². The average molecular weight is 320 g/mol. The van der Waals surface area contributed by atoms with Crippen LogP contribution in [0, 0.1) is 25.2 Å². The number of aromatic nitrogens is 4. The minimum Gasteiger partial charge on any atom is -0.330 e. The molecule has 0 N–H and O–H groups in total. The molecule has 1 aliphatic heterocycles. The van der Waals surface area contributed by atoms with E-state index in [-0.39, 0.29) is 5.91 Å². The molecule has 0 fully saturated rings. The summed E-state index contributed by atoms with van der Waals surface area (Å²) >= 11 is 0. The van der Waals surface area contributed by atoms with Gasteiger partial charge in [0.15, 0.2) is 5.69 Å². The molecule has 0 saturated heterocycles. The van der Waals surface area contributed by atoms with E-state index in [9.17, 15) is 4.79 Å². The van der Waals surface area contributed by atoms with Gasteiger partial charge in [0.2, 0.25) is 0 Å². The van der Waals surface area contributed by atoms with Crippen LogP contribution >= 0.6 is 0 Å². The number of hydrogen-bond donors (Lipinski definition) is 0. The SMILES string of the molecule is Cc1ccn2c(C(=O)N3CCn4nc(C#N)cc4C3)c(C)nc2c1. The molecular formula is C17H16N6O. The summed E-state index contributed by atoms with van der Waals surface area (Å²) in [5.74, 6) is -0.0465. The highest BCUT2D eigenvalue weighted by Crippen LogP contribution is 2.19. The molecular weight excluding hydrogens is 304 g/mol. The molecule has 0 radical (unpaired) electrons. The van der Waals surface area contributed by atoms with Gasteiger partial charge in [0.05, 0.1) is 24.5 Å². The average Bonchev–Trinajstić information content (AvgIpc) is 3.12. The minimum absolute atomic E-state index is 0.0465. The minimum atomic E-state index is -0.0465. The molecule has 0 aliphatic carbocycles. The molecule has 7 heteroatoms. The first-order valence-electron chi connectivity index (χ1n) is 7.78. The third-order valence-electron chi connectivity index (χ3n) is 4.36. The van der Waals surface area contributed by atoms with Gasteiger partial charge >= 0.3 is 0 Å². The number of rotatable bonds is 1. The maximum absolute atomic E-state index is 13.0. The van der Waals surface area contributed by atoms with Crippen LogP contribution in [0.4, 0.5) is 0 Å². The number of nitriles is 1. The second kappa shape index (κ2) is 5.20. The summed E-state index contributed by atoms with van der Waals surface area (Å²) in [6.45, 7) is 5.47. The largest absolute Gasteiger partial charge is 0.330 e. The Balaban J connectivity index is 1.70. The Hall–Kier alpha value is -3.14. The predicted octanol–water partition coefficient (Wildman–Crippen LogP) is 1.68. The molecule has 3 aromatic heterocycles. The Morgan fingerprint density at radius 1 is 1.29 bits per heavy atom. The van der Waals surface area contributed by atoms with Gasteiger partial charge in [-0.25, -0.2) is 4.98 Å². The van der Waals surface area contributed by atoms with E-state index in [1.807, 2.05) is 42.6 Å². The monoisotopic (exact) mass is 320 g/mol. The zero-order valence-electron chi connectivity index (χ0n) is 13.5.